The monoisotopic (exact) mass is 213 g/mol. The molecule has 1 aliphatic heterocycles. The van der Waals surface area contributed by atoms with Gasteiger partial charge in [-0.15, -0.1) is 0 Å². The molecular weight excluding hydrogens is 186 g/mol. The van der Waals surface area contributed by atoms with Gasteiger partial charge in [-0.3, -0.25) is 4.90 Å². The summed E-state index contributed by atoms with van der Waals surface area (Å²) in [5, 5.41) is 3.49. The predicted molar refractivity (Wildman–Crippen MR) is 66.2 cm³/mol. The third-order valence-corrected chi connectivity index (χ3v) is 3.23. The molecule has 0 bridgehead atoms. The lowest BCUT2D eigenvalue weighted by Crippen LogP contribution is -2.38. The normalized spacial score (nSPS) is 26.6. The number of nitrogens with zero attached hydrogens (tertiary/aromatic N) is 2. The second kappa shape index (κ2) is 6.46. The van der Waals surface area contributed by atoms with Crippen molar-refractivity contribution in [3.05, 3.63) is 0 Å². The maximum atomic E-state index is 3.49. The fraction of sp³-hybridized carbons (Fsp3) is 1.00. The molecule has 1 fully saturated rings. The molecule has 0 saturated carbocycles. The highest BCUT2D eigenvalue weighted by molar-refractivity contribution is 4.75. The number of hydrogen-bond acceptors (Lipinski definition) is 3. The molecule has 3 nitrogen and oxygen atoms in total. The van der Waals surface area contributed by atoms with E-state index in [4.69, 9.17) is 0 Å². The SMILES string of the molecule is CC1CNCCN(C(C)CCN(C)C)C1. The third kappa shape index (κ3) is 4.96. The van der Waals surface area contributed by atoms with Gasteiger partial charge in [0.05, 0.1) is 0 Å². The van der Waals surface area contributed by atoms with Crippen molar-refractivity contribution in [3.63, 3.8) is 0 Å². The van der Waals surface area contributed by atoms with Crippen LogP contribution in [0.15, 0.2) is 0 Å². The van der Waals surface area contributed by atoms with E-state index in [-0.39, 0.29) is 0 Å². The van der Waals surface area contributed by atoms with Gasteiger partial charge in [-0.2, -0.15) is 0 Å². The summed E-state index contributed by atoms with van der Waals surface area (Å²) < 4.78 is 0. The lowest BCUT2D eigenvalue weighted by atomic mass is 10.1. The van der Waals surface area contributed by atoms with Gasteiger partial charge >= 0.3 is 0 Å². The van der Waals surface area contributed by atoms with Crippen LogP contribution < -0.4 is 5.32 Å². The zero-order valence-electron chi connectivity index (χ0n) is 10.8. The van der Waals surface area contributed by atoms with Gasteiger partial charge in [0.15, 0.2) is 0 Å². The van der Waals surface area contributed by atoms with E-state index in [9.17, 15) is 0 Å². The van der Waals surface area contributed by atoms with Crippen LogP contribution in [0.3, 0.4) is 0 Å². The largest absolute Gasteiger partial charge is 0.315 e. The Bertz CT molecular complexity index is 170. The quantitative estimate of drug-likeness (QED) is 0.747. The van der Waals surface area contributed by atoms with Crippen LogP contribution in [0.2, 0.25) is 0 Å². The molecule has 0 amide bonds. The zero-order chi connectivity index (χ0) is 11.3. The van der Waals surface area contributed by atoms with Gasteiger partial charge in [0.1, 0.15) is 0 Å². The highest BCUT2D eigenvalue weighted by Gasteiger charge is 2.18. The van der Waals surface area contributed by atoms with E-state index in [1.54, 1.807) is 0 Å². The first-order valence-corrected chi connectivity index (χ1v) is 6.19. The van der Waals surface area contributed by atoms with E-state index in [0.29, 0.717) is 0 Å². The van der Waals surface area contributed by atoms with E-state index < -0.39 is 0 Å². The molecule has 1 N–H and O–H groups in total. The molecule has 90 valence electrons. The van der Waals surface area contributed by atoms with Crippen molar-refractivity contribution in [2.24, 2.45) is 5.92 Å². The average molecular weight is 213 g/mol. The molecule has 1 rings (SSSR count). The summed E-state index contributed by atoms with van der Waals surface area (Å²) >= 11 is 0. The van der Waals surface area contributed by atoms with Crippen molar-refractivity contribution in [1.29, 1.82) is 0 Å². The van der Waals surface area contributed by atoms with Gasteiger partial charge in [-0.1, -0.05) is 6.92 Å². The van der Waals surface area contributed by atoms with Crippen LogP contribution in [0.1, 0.15) is 20.3 Å². The van der Waals surface area contributed by atoms with Crippen molar-refractivity contribution in [2.45, 2.75) is 26.3 Å². The lowest BCUT2D eigenvalue weighted by molar-refractivity contribution is 0.182. The molecule has 0 radical (unpaired) electrons. The molecule has 1 aliphatic rings. The summed E-state index contributed by atoms with van der Waals surface area (Å²) in [6.45, 7) is 10.7. The summed E-state index contributed by atoms with van der Waals surface area (Å²) in [7, 11) is 4.30. The van der Waals surface area contributed by atoms with Crippen molar-refractivity contribution < 1.29 is 0 Å². The Kier molecular flexibility index (Phi) is 5.58. The Morgan fingerprint density at radius 2 is 2.20 bits per heavy atom. The van der Waals surface area contributed by atoms with E-state index in [1.165, 1.54) is 32.6 Å². The summed E-state index contributed by atoms with van der Waals surface area (Å²) in [4.78, 5) is 4.91. The predicted octanol–water partition coefficient (Wildman–Crippen LogP) is 0.868. The van der Waals surface area contributed by atoms with Gasteiger partial charge in [-0.05, 0) is 46.4 Å². The summed E-state index contributed by atoms with van der Waals surface area (Å²) in [5.41, 5.74) is 0. The fourth-order valence-electron chi connectivity index (χ4n) is 2.16. The smallest absolute Gasteiger partial charge is 0.0110 e. The molecule has 15 heavy (non-hydrogen) atoms. The van der Waals surface area contributed by atoms with Crippen molar-refractivity contribution in [2.75, 3.05) is 46.8 Å². The maximum absolute atomic E-state index is 3.49. The fourth-order valence-corrected chi connectivity index (χ4v) is 2.16. The van der Waals surface area contributed by atoms with Gasteiger partial charge in [-0.25, -0.2) is 0 Å². The molecule has 0 aromatic carbocycles. The highest BCUT2D eigenvalue weighted by Crippen LogP contribution is 2.09. The first-order valence-electron chi connectivity index (χ1n) is 6.19. The van der Waals surface area contributed by atoms with E-state index in [0.717, 1.165) is 18.5 Å². The van der Waals surface area contributed by atoms with Crippen LogP contribution in [-0.2, 0) is 0 Å². The Labute approximate surface area is 94.8 Å². The number of hydrogen-bond donors (Lipinski definition) is 1. The lowest BCUT2D eigenvalue weighted by Gasteiger charge is -2.29. The maximum Gasteiger partial charge on any atom is 0.0110 e. The number of nitrogens with one attached hydrogen (secondary N) is 1. The van der Waals surface area contributed by atoms with Crippen LogP contribution in [0.25, 0.3) is 0 Å². The van der Waals surface area contributed by atoms with Crippen LogP contribution in [0.5, 0.6) is 0 Å². The Morgan fingerprint density at radius 1 is 1.47 bits per heavy atom. The Balaban J connectivity index is 2.32. The van der Waals surface area contributed by atoms with Gasteiger partial charge < -0.3 is 10.2 Å². The summed E-state index contributed by atoms with van der Waals surface area (Å²) in [6.07, 6.45) is 1.28. The van der Waals surface area contributed by atoms with Crippen LogP contribution in [0, 0.1) is 5.92 Å². The Morgan fingerprint density at radius 3 is 2.87 bits per heavy atom. The highest BCUT2D eigenvalue weighted by atomic mass is 15.2. The minimum Gasteiger partial charge on any atom is -0.315 e. The van der Waals surface area contributed by atoms with Crippen molar-refractivity contribution in [3.8, 4) is 0 Å². The Hall–Kier alpha value is -0.120. The van der Waals surface area contributed by atoms with E-state index in [2.05, 4.69) is 43.1 Å². The summed E-state index contributed by atoms with van der Waals surface area (Å²) in [5.74, 6) is 0.786. The molecule has 0 spiro atoms. The molecule has 0 aliphatic carbocycles. The molecule has 1 saturated heterocycles. The standard InChI is InChI=1S/C12H27N3/c1-11-9-13-6-8-15(10-11)12(2)5-7-14(3)4/h11-13H,5-10H2,1-4H3. The first kappa shape index (κ1) is 12.9. The molecule has 3 heteroatoms. The summed E-state index contributed by atoms with van der Waals surface area (Å²) in [6, 6.07) is 0.717. The number of rotatable bonds is 4. The third-order valence-electron chi connectivity index (χ3n) is 3.23. The minimum atomic E-state index is 0.717. The van der Waals surface area contributed by atoms with Crippen molar-refractivity contribution in [1.82, 2.24) is 15.1 Å². The van der Waals surface area contributed by atoms with Gasteiger partial charge in [0, 0.05) is 25.7 Å². The first-order chi connectivity index (χ1) is 7.09. The average Bonchev–Trinajstić information content (AvgIpc) is 2.39. The molecule has 0 aromatic rings. The van der Waals surface area contributed by atoms with Gasteiger partial charge in [0.2, 0.25) is 0 Å². The van der Waals surface area contributed by atoms with Crippen LogP contribution in [-0.4, -0.2) is 62.7 Å². The molecule has 2 unspecified atom stereocenters. The van der Waals surface area contributed by atoms with Crippen molar-refractivity contribution >= 4 is 0 Å². The minimum absolute atomic E-state index is 0.717. The second-order valence-electron chi connectivity index (χ2n) is 5.25. The second-order valence-corrected chi connectivity index (χ2v) is 5.25. The van der Waals surface area contributed by atoms with Crippen LogP contribution >= 0.6 is 0 Å². The molecular formula is C12H27N3. The van der Waals surface area contributed by atoms with E-state index in [1.807, 2.05) is 0 Å². The molecule has 1 heterocycles. The van der Waals surface area contributed by atoms with E-state index >= 15 is 0 Å². The topological polar surface area (TPSA) is 18.5 Å². The molecule has 0 aromatic heterocycles. The van der Waals surface area contributed by atoms with Crippen LogP contribution in [0.4, 0.5) is 0 Å². The zero-order valence-corrected chi connectivity index (χ0v) is 10.8. The van der Waals surface area contributed by atoms with Gasteiger partial charge in [0.25, 0.3) is 0 Å². The molecule has 2 atom stereocenters.